The van der Waals surface area contributed by atoms with Gasteiger partial charge in [0, 0.05) is 10.2 Å². The van der Waals surface area contributed by atoms with Crippen LogP contribution in [0.3, 0.4) is 0 Å². The highest BCUT2D eigenvalue weighted by atomic mass is 79.9. The number of hydrogen-bond donors (Lipinski definition) is 0. The molecule has 0 saturated carbocycles. The summed E-state index contributed by atoms with van der Waals surface area (Å²) in [6.45, 7) is 3.94. The van der Waals surface area contributed by atoms with Crippen LogP contribution in [0.1, 0.15) is 43.4 Å². The fourth-order valence-electron chi connectivity index (χ4n) is 4.53. The fourth-order valence-corrected chi connectivity index (χ4v) is 5.96. The molecule has 0 radical (unpaired) electrons. The summed E-state index contributed by atoms with van der Waals surface area (Å²) in [5.41, 5.74) is 3.19. The molecule has 1 saturated heterocycles. The van der Waals surface area contributed by atoms with E-state index in [1.54, 1.807) is 4.90 Å². The van der Waals surface area contributed by atoms with E-state index in [1.807, 2.05) is 56.3 Å². The van der Waals surface area contributed by atoms with Gasteiger partial charge in [-0.3, -0.25) is 19.3 Å². The first-order valence-corrected chi connectivity index (χ1v) is 12.7. The van der Waals surface area contributed by atoms with Crippen molar-refractivity contribution in [3.8, 4) is 0 Å². The van der Waals surface area contributed by atoms with Gasteiger partial charge in [0.1, 0.15) is 6.04 Å². The SMILES string of the molecule is Cc1ccc(N2C(=O)[C@H](N3C(=O)c4c(Cl)c(Cl)c(Cl)c(Cl)c4C3=O)[C@@H]2c2cccc(Br)c2)cc1C. The highest BCUT2D eigenvalue weighted by Crippen LogP contribution is 2.49. The molecule has 178 valence electrons. The molecule has 1 fully saturated rings. The molecule has 3 aromatic rings. The molecule has 2 aliphatic rings. The number of halogens is 5. The zero-order valence-electron chi connectivity index (χ0n) is 18.2. The highest BCUT2D eigenvalue weighted by Gasteiger charge is 2.58. The number of imide groups is 1. The maximum Gasteiger partial charge on any atom is 0.264 e. The smallest absolute Gasteiger partial charge is 0.264 e. The number of anilines is 1. The number of aryl methyl sites for hydroxylation is 2. The third-order valence-corrected chi connectivity index (χ3v) is 8.73. The van der Waals surface area contributed by atoms with Gasteiger partial charge >= 0.3 is 0 Å². The molecule has 2 atom stereocenters. The summed E-state index contributed by atoms with van der Waals surface area (Å²) in [6.07, 6.45) is 0. The summed E-state index contributed by atoms with van der Waals surface area (Å²) in [5.74, 6) is -1.89. The maximum absolute atomic E-state index is 13.6. The summed E-state index contributed by atoms with van der Waals surface area (Å²) < 4.78 is 0.792. The Hall–Kier alpha value is -2.09. The van der Waals surface area contributed by atoms with E-state index in [0.717, 1.165) is 26.1 Å². The number of carbonyl (C=O) groups excluding carboxylic acids is 3. The van der Waals surface area contributed by atoms with Crippen LogP contribution in [0.4, 0.5) is 5.69 Å². The average Bonchev–Trinajstić information content (AvgIpc) is 3.07. The summed E-state index contributed by atoms with van der Waals surface area (Å²) in [5, 5.41) is -0.594. The second-order valence-electron chi connectivity index (χ2n) is 8.41. The van der Waals surface area contributed by atoms with Crippen LogP contribution < -0.4 is 4.90 Å². The molecule has 2 heterocycles. The Bertz CT molecular complexity index is 1430. The number of amides is 3. The molecule has 0 bridgehead atoms. The summed E-state index contributed by atoms with van der Waals surface area (Å²) in [6, 6.07) is 11.3. The first-order valence-electron chi connectivity index (χ1n) is 10.4. The van der Waals surface area contributed by atoms with Crippen LogP contribution in [-0.4, -0.2) is 28.7 Å². The van der Waals surface area contributed by atoms with Gasteiger partial charge < -0.3 is 4.90 Å². The van der Waals surface area contributed by atoms with Gasteiger partial charge in [-0.05, 0) is 54.8 Å². The van der Waals surface area contributed by atoms with Crippen LogP contribution in [0.5, 0.6) is 0 Å². The molecule has 3 amide bonds. The van der Waals surface area contributed by atoms with Crippen LogP contribution in [0.15, 0.2) is 46.9 Å². The van der Waals surface area contributed by atoms with Gasteiger partial charge in [-0.25, -0.2) is 0 Å². The first kappa shape index (κ1) is 24.6. The first-order chi connectivity index (χ1) is 16.5. The van der Waals surface area contributed by atoms with Crippen molar-refractivity contribution in [3.05, 3.63) is 94.8 Å². The number of β-lactam (4-membered cyclic amide) rings is 1. The molecular weight excluding hydrogens is 598 g/mol. The lowest BCUT2D eigenvalue weighted by Gasteiger charge is -2.50. The monoisotopic (exact) mass is 610 g/mol. The van der Waals surface area contributed by atoms with Crippen LogP contribution in [0, 0.1) is 13.8 Å². The van der Waals surface area contributed by atoms with Crippen LogP contribution in [-0.2, 0) is 4.79 Å². The molecule has 0 spiro atoms. The molecular formula is C25H15BrCl4N2O3. The predicted molar refractivity (Wildman–Crippen MR) is 141 cm³/mol. The zero-order chi connectivity index (χ0) is 25.3. The van der Waals surface area contributed by atoms with Gasteiger partial charge in [0.05, 0.1) is 37.3 Å². The van der Waals surface area contributed by atoms with E-state index in [2.05, 4.69) is 15.9 Å². The number of fused-ring (bicyclic) bond motifs is 1. The normalized spacial score (nSPS) is 19.3. The Morgan fingerprint density at radius 2 is 1.31 bits per heavy atom. The second-order valence-corrected chi connectivity index (χ2v) is 10.8. The molecule has 5 nitrogen and oxygen atoms in total. The minimum atomic E-state index is -1.11. The van der Waals surface area contributed by atoms with Crippen molar-refractivity contribution in [1.29, 1.82) is 0 Å². The Morgan fingerprint density at radius 3 is 1.86 bits per heavy atom. The highest BCUT2D eigenvalue weighted by molar-refractivity contribution is 9.10. The topological polar surface area (TPSA) is 57.7 Å². The Morgan fingerprint density at radius 1 is 0.714 bits per heavy atom. The summed E-state index contributed by atoms with van der Waals surface area (Å²) in [4.78, 5) is 43.1. The second kappa shape index (κ2) is 8.79. The molecule has 35 heavy (non-hydrogen) atoms. The largest absolute Gasteiger partial charge is 0.300 e. The number of nitrogens with zero attached hydrogens (tertiary/aromatic N) is 2. The van der Waals surface area contributed by atoms with E-state index in [4.69, 9.17) is 46.4 Å². The van der Waals surface area contributed by atoms with E-state index in [0.29, 0.717) is 5.69 Å². The number of hydrogen-bond acceptors (Lipinski definition) is 3. The van der Waals surface area contributed by atoms with Crippen LogP contribution >= 0.6 is 62.3 Å². The van der Waals surface area contributed by atoms with Crippen molar-refractivity contribution < 1.29 is 14.4 Å². The van der Waals surface area contributed by atoms with Gasteiger partial charge in [0.2, 0.25) is 0 Å². The van der Waals surface area contributed by atoms with Crippen molar-refractivity contribution in [2.24, 2.45) is 0 Å². The van der Waals surface area contributed by atoms with Gasteiger partial charge in [-0.2, -0.15) is 0 Å². The minimum absolute atomic E-state index is 0.125. The minimum Gasteiger partial charge on any atom is -0.300 e. The van der Waals surface area contributed by atoms with Crippen molar-refractivity contribution in [3.63, 3.8) is 0 Å². The van der Waals surface area contributed by atoms with Crippen molar-refractivity contribution in [2.45, 2.75) is 25.9 Å². The lowest BCUT2D eigenvalue weighted by molar-refractivity contribution is -0.130. The third-order valence-electron chi connectivity index (χ3n) is 6.44. The quantitative estimate of drug-likeness (QED) is 0.134. The van der Waals surface area contributed by atoms with Crippen molar-refractivity contribution in [1.82, 2.24) is 4.90 Å². The molecule has 3 aromatic carbocycles. The Kier molecular flexibility index (Phi) is 6.17. The van der Waals surface area contributed by atoms with E-state index in [-0.39, 0.29) is 31.2 Å². The molecule has 0 aliphatic carbocycles. The maximum atomic E-state index is 13.6. The van der Waals surface area contributed by atoms with E-state index in [1.165, 1.54) is 0 Å². The molecule has 2 aliphatic heterocycles. The summed E-state index contributed by atoms with van der Waals surface area (Å²) >= 11 is 28.4. The molecule has 0 aromatic heterocycles. The van der Waals surface area contributed by atoms with Gasteiger partial charge in [-0.15, -0.1) is 0 Å². The third kappa shape index (κ3) is 3.61. The fraction of sp³-hybridized carbons (Fsp3) is 0.160. The van der Waals surface area contributed by atoms with E-state index in [9.17, 15) is 14.4 Å². The summed E-state index contributed by atoms with van der Waals surface area (Å²) in [7, 11) is 0. The predicted octanol–water partition coefficient (Wildman–Crippen LogP) is 7.43. The molecule has 0 unspecified atom stereocenters. The van der Waals surface area contributed by atoms with Crippen molar-refractivity contribution >= 4 is 85.7 Å². The standard InChI is InChI=1S/C25H15BrCl4N2O3/c1-10-6-7-14(8-11(10)2)31-21(12-4-3-5-13(26)9-12)22(25(31)35)32-23(33)15-16(24(32)34)18(28)20(30)19(29)17(15)27/h3-9,21-22H,1-2H3/t21-,22+/m0/s1. The number of carbonyl (C=O) groups is 3. The molecule has 0 N–H and O–H groups in total. The lowest BCUT2D eigenvalue weighted by Crippen LogP contribution is -2.67. The van der Waals surface area contributed by atoms with Gasteiger partial charge in [0.25, 0.3) is 17.7 Å². The van der Waals surface area contributed by atoms with E-state index < -0.39 is 29.8 Å². The van der Waals surface area contributed by atoms with Crippen molar-refractivity contribution in [2.75, 3.05) is 4.90 Å². The lowest BCUT2D eigenvalue weighted by atomic mass is 9.86. The molecule has 5 rings (SSSR count). The van der Waals surface area contributed by atoms with Gasteiger partial charge in [0.15, 0.2) is 0 Å². The zero-order valence-corrected chi connectivity index (χ0v) is 22.8. The Balaban J connectivity index is 1.65. The number of rotatable bonds is 3. The van der Waals surface area contributed by atoms with Gasteiger partial charge in [-0.1, -0.05) is 80.5 Å². The van der Waals surface area contributed by atoms with Crippen LogP contribution in [0.2, 0.25) is 20.1 Å². The Labute approximate surface area is 229 Å². The average molecular weight is 613 g/mol. The van der Waals surface area contributed by atoms with Crippen LogP contribution in [0.25, 0.3) is 0 Å². The molecule has 10 heteroatoms. The number of benzene rings is 3. The van der Waals surface area contributed by atoms with E-state index >= 15 is 0 Å².